The number of fused-ring (bicyclic) bond motifs is 1. The highest BCUT2D eigenvalue weighted by molar-refractivity contribution is 6.04. The fraction of sp³-hybridized carbons (Fsp3) is 0.273. The third-order valence-corrected chi connectivity index (χ3v) is 4.77. The number of anilines is 1. The van der Waals surface area contributed by atoms with Crippen molar-refractivity contribution in [2.45, 2.75) is 13.0 Å². The molecular weight excluding hydrogens is 386 g/mol. The predicted octanol–water partition coefficient (Wildman–Crippen LogP) is 3.36. The lowest BCUT2D eigenvalue weighted by molar-refractivity contribution is 0.102. The summed E-state index contributed by atoms with van der Waals surface area (Å²) in [4.78, 5) is 12.8. The number of para-hydroxylation sites is 1. The second-order valence-electron chi connectivity index (χ2n) is 6.69. The zero-order valence-electron chi connectivity index (χ0n) is 16.9. The second kappa shape index (κ2) is 8.77. The number of nitrogens with zero attached hydrogens (tertiary/aromatic N) is 2. The molecule has 1 aliphatic heterocycles. The minimum atomic E-state index is -0.259. The van der Waals surface area contributed by atoms with E-state index in [1.165, 1.54) is 0 Å². The normalized spacial score (nSPS) is 12.7. The zero-order valence-corrected chi connectivity index (χ0v) is 16.9. The van der Waals surface area contributed by atoms with Crippen LogP contribution in [0.2, 0.25) is 0 Å². The number of carbonyl (C=O) groups excluding carboxylic acids is 1. The van der Waals surface area contributed by atoms with Gasteiger partial charge in [0, 0.05) is 23.6 Å². The maximum atomic E-state index is 12.8. The molecule has 30 heavy (non-hydrogen) atoms. The van der Waals surface area contributed by atoms with Crippen molar-refractivity contribution >= 4 is 11.7 Å². The Morgan fingerprint density at radius 3 is 2.73 bits per heavy atom. The number of ether oxygens (including phenoxy) is 4. The van der Waals surface area contributed by atoms with Gasteiger partial charge in [-0.25, -0.2) is 4.68 Å². The summed E-state index contributed by atoms with van der Waals surface area (Å²) in [5, 5.41) is 7.24. The number of rotatable bonds is 6. The number of carbonyl (C=O) groups is 1. The monoisotopic (exact) mass is 409 g/mol. The van der Waals surface area contributed by atoms with Crippen molar-refractivity contribution in [2.24, 2.45) is 0 Å². The summed E-state index contributed by atoms with van der Waals surface area (Å²) in [6, 6.07) is 12.6. The maximum Gasteiger partial charge on any atom is 0.256 e. The van der Waals surface area contributed by atoms with E-state index in [0.29, 0.717) is 54.1 Å². The van der Waals surface area contributed by atoms with Crippen LogP contribution < -0.4 is 24.3 Å². The number of nitrogens with one attached hydrogen (secondary N) is 1. The molecule has 0 atom stereocenters. The fourth-order valence-corrected chi connectivity index (χ4v) is 3.30. The molecular formula is C22H23N3O5. The summed E-state index contributed by atoms with van der Waals surface area (Å²) in [5.41, 5.74) is 1.36. The Labute approximate surface area is 174 Å². The second-order valence-corrected chi connectivity index (χ2v) is 6.69. The lowest BCUT2D eigenvalue weighted by Crippen LogP contribution is -2.16. The van der Waals surface area contributed by atoms with E-state index < -0.39 is 0 Å². The molecule has 2 heterocycles. The van der Waals surface area contributed by atoms with Crippen LogP contribution >= 0.6 is 0 Å². The standard InChI is InChI=1S/C22H23N3O5/c1-27-18-6-3-5-16(21(18)28-2)14-25-20(9-10-23-25)24-22(26)15-7-8-17-19(13-15)30-12-4-11-29-17/h3,5-10,13H,4,11-12,14H2,1-2H3,(H,24,26). The van der Waals surface area contributed by atoms with Gasteiger partial charge >= 0.3 is 0 Å². The number of benzene rings is 2. The molecule has 0 aliphatic carbocycles. The van der Waals surface area contributed by atoms with Crippen molar-refractivity contribution in [1.82, 2.24) is 9.78 Å². The Morgan fingerprint density at radius 1 is 1.10 bits per heavy atom. The number of aromatic nitrogens is 2. The molecule has 1 aromatic heterocycles. The average Bonchev–Trinajstić information content (AvgIpc) is 3.06. The van der Waals surface area contributed by atoms with Gasteiger partial charge in [-0.3, -0.25) is 4.79 Å². The van der Waals surface area contributed by atoms with Gasteiger partial charge in [0.2, 0.25) is 0 Å². The first-order chi connectivity index (χ1) is 14.7. The molecule has 1 aliphatic rings. The van der Waals surface area contributed by atoms with E-state index in [4.69, 9.17) is 18.9 Å². The molecule has 2 aromatic carbocycles. The van der Waals surface area contributed by atoms with Crippen LogP contribution in [0.3, 0.4) is 0 Å². The molecule has 1 N–H and O–H groups in total. The molecule has 1 amide bonds. The third-order valence-electron chi connectivity index (χ3n) is 4.77. The number of hydrogen-bond acceptors (Lipinski definition) is 6. The number of hydrogen-bond donors (Lipinski definition) is 1. The minimum Gasteiger partial charge on any atom is -0.493 e. The summed E-state index contributed by atoms with van der Waals surface area (Å²) in [6.45, 7) is 1.57. The van der Waals surface area contributed by atoms with Crippen LogP contribution in [0.4, 0.5) is 5.82 Å². The van der Waals surface area contributed by atoms with Crippen LogP contribution in [0.15, 0.2) is 48.7 Å². The van der Waals surface area contributed by atoms with Crippen LogP contribution in [-0.4, -0.2) is 43.1 Å². The van der Waals surface area contributed by atoms with E-state index in [9.17, 15) is 4.79 Å². The van der Waals surface area contributed by atoms with Crippen LogP contribution in [0.5, 0.6) is 23.0 Å². The molecule has 0 saturated heterocycles. The number of amides is 1. The van der Waals surface area contributed by atoms with Gasteiger partial charge in [0.15, 0.2) is 23.0 Å². The Hall–Kier alpha value is -3.68. The Kier molecular flexibility index (Phi) is 5.74. The Bertz CT molecular complexity index is 1050. The zero-order chi connectivity index (χ0) is 20.9. The van der Waals surface area contributed by atoms with Crippen LogP contribution in [0.1, 0.15) is 22.3 Å². The largest absolute Gasteiger partial charge is 0.493 e. The Morgan fingerprint density at radius 2 is 1.93 bits per heavy atom. The van der Waals surface area contributed by atoms with Crippen molar-refractivity contribution < 1.29 is 23.7 Å². The van der Waals surface area contributed by atoms with Crippen LogP contribution in [-0.2, 0) is 6.54 Å². The summed E-state index contributed by atoms with van der Waals surface area (Å²) in [6.07, 6.45) is 2.44. The van der Waals surface area contributed by atoms with E-state index in [0.717, 1.165) is 12.0 Å². The first-order valence-electron chi connectivity index (χ1n) is 9.62. The summed E-state index contributed by atoms with van der Waals surface area (Å²) in [7, 11) is 3.19. The lowest BCUT2D eigenvalue weighted by atomic mass is 10.2. The van der Waals surface area contributed by atoms with E-state index in [1.54, 1.807) is 49.4 Å². The SMILES string of the molecule is COc1cccc(Cn2nccc2NC(=O)c2ccc3c(c2)OCCCO3)c1OC. The average molecular weight is 409 g/mol. The molecule has 0 saturated carbocycles. The van der Waals surface area contributed by atoms with Gasteiger partial charge in [-0.1, -0.05) is 12.1 Å². The van der Waals surface area contributed by atoms with Crippen molar-refractivity contribution in [3.8, 4) is 23.0 Å². The van der Waals surface area contributed by atoms with E-state index in [1.807, 2.05) is 18.2 Å². The Balaban J connectivity index is 1.53. The smallest absolute Gasteiger partial charge is 0.256 e. The molecule has 3 aromatic rings. The van der Waals surface area contributed by atoms with Gasteiger partial charge in [-0.2, -0.15) is 5.10 Å². The first-order valence-corrected chi connectivity index (χ1v) is 9.62. The summed E-state index contributed by atoms with van der Waals surface area (Å²) < 4.78 is 23.8. The third kappa shape index (κ3) is 4.03. The molecule has 0 unspecified atom stereocenters. The van der Waals surface area contributed by atoms with E-state index in [-0.39, 0.29) is 5.91 Å². The summed E-state index contributed by atoms with van der Waals surface area (Å²) in [5.74, 6) is 2.81. The van der Waals surface area contributed by atoms with Gasteiger partial charge in [0.1, 0.15) is 5.82 Å². The molecule has 156 valence electrons. The van der Waals surface area contributed by atoms with Crippen molar-refractivity contribution in [1.29, 1.82) is 0 Å². The van der Waals surface area contributed by atoms with Gasteiger partial charge in [-0.05, 0) is 24.3 Å². The predicted molar refractivity (Wildman–Crippen MR) is 111 cm³/mol. The fourth-order valence-electron chi connectivity index (χ4n) is 3.30. The maximum absolute atomic E-state index is 12.8. The highest BCUT2D eigenvalue weighted by atomic mass is 16.5. The van der Waals surface area contributed by atoms with Crippen molar-refractivity contribution in [2.75, 3.05) is 32.8 Å². The quantitative estimate of drug-likeness (QED) is 0.672. The molecule has 0 bridgehead atoms. The highest BCUT2D eigenvalue weighted by Crippen LogP contribution is 2.32. The summed E-state index contributed by atoms with van der Waals surface area (Å²) >= 11 is 0. The van der Waals surface area contributed by atoms with Gasteiger partial charge in [0.05, 0.1) is 40.2 Å². The first kappa shape index (κ1) is 19.6. The van der Waals surface area contributed by atoms with Crippen LogP contribution in [0.25, 0.3) is 0 Å². The van der Waals surface area contributed by atoms with Gasteiger partial charge in [-0.15, -0.1) is 0 Å². The lowest BCUT2D eigenvalue weighted by Gasteiger charge is -2.14. The van der Waals surface area contributed by atoms with Crippen LogP contribution in [0, 0.1) is 0 Å². The number of methoxy groups -OCH3 is 2. The van der Waals surface area contributed by atoms with Gasteiger partial charge in [0.25, 0.3) is 5.91 Å². The molecule has 4 rings (SSSR count). The van der Waals surface area contributed by atoms with E-state index in [2.05, 4.69) is 10.4 Å². The molecule has 0 radical (unpaired) electrons. The van der Waals surface area contributed by atoms with Gasteiger partial charge < -0.3 is 24.3 Å². The van der Waals surface area contributed by atoms with E-state index >= 15 is 0 Å². The molecule has 0 fully saturated rings. The van der Waals surface area contributed by atoms with Crippen molar-refractivity contribution in [3.05, 3.63) is 59.8 Å². The molecule has 8 nitrogen and oxygen atoms in total. The van der Waals surface area contributed by atoms with Crippen molar-refractivity contribution in [3.63, 3.8) is 0 Å². The topological polar surface area (TPSA) is 83.8 Å². The molecule has 0 spiro atoms. The minimum absolute atomic E-state index is 0.259. The molecule has 8 heteroatoms. The highest BCUT2D eigenvalue weighted by Gasteiger charge is 2.17.